The minimum Gasteiger partial charge on any atom is -0.369 e. The highest BCUT2D eigenvalue weighted by atomic mass is 15.2. The quantitative estimate of drug-likeness (QED) is 0.705. The van der Waals surface area contributed by atoms with Gasteiger partial charge >= 0.3 is 0 Å². The smallest absolute Gasteiger partial charge is 0.0974 e. The fourth-order valence-electron chi connectivity index (χ4n) is 3.78. The first-order valence-electron chi connectivity index (χ1n) is 9.49. The van der Waals surface area contributed by atoms with Crippen LogP contribution in [-0.2, 0) is 0 Å². The molecule has 2 aliphatic rings. The minimum absolute atomic E-state index is 0.720. The van der Waals surface area contributed by atoms with Crippen LogP contribution in [0.3, 0.4) is 0 Å². The fraction of sp³-hybridized carbons (Fsp3) is 0.895. The van der Waals surface area contributed by atoms with Crippen LogP contribution in [0.25, 0.3) is 0 Å². The molecule has 0 radical (unpaired) electrons. The van der Waals surface area contributed by atoms with E-state index >= 15 is 0 Å². The van der Waals surface area contributed by atoms with E-state index in [0.717, 1.165) is 12.0 Å². The summed E-state index contributed by atoms with van der Waals surface area (Å²) in [6.45, 7) is 3.47. The molecule has 2 aliphatic carbocycles. The molecular formula is C19H36N2. The van der Waals surface area contributed by atoms with E-state index in [9.17, 15) is 0 Å². The van der Waals surface area contributed by atoms with Crippen molar-refractivity contribution in [2.45, 2.75) is 90.0 Å². The molecule has 2 saturated carbocycles. The zero-order chi connectivity index (χ0) is 14.9. The van der Waals surface area contributed by atoms with E-state index in [4.69, 9.17) is 0 Å². The second-order valence-electron chi connectivity index (χ2n) is 7.20. The van der Waals surface area contributed by atoms with Gasteiger partial charge in [0.1, 0.15) is 0 Å². The van der Waals surface area contributed by atoms with Crippen molar-refractivity contribution in [3.63, 3.8) is 0 Å². The summed E-state index contributed by atoms with van der Waals surface area (Å²) in [6.07, 6.45) is 19.2. The van der Waals surface area contributed by atoms with Crippen LogP contribution < -0.4 is 5.32 Å². The van der Waals surface area contributed by atoms with Gasteiger partial charge in [-0.1, -0.05) is 51.9 Å². The van der Waals surface area contributed by atoms with Gasteiger partial charge in [-0.25, -0.2) is 0 Å². The summed E-state index contributed by atoms with van der Waals surface area (Å²) in [4.78, 5) is 2.48. The monoisotopic (exact) mass is 292 g/mol. The molecule has 0 aliphatic heterocycles. The van der Waals surface area contributed by atoms with Crippen LogP contribution in [0.4, 0.5) is 0 Å². The molecule has 2 rings (SSSR count). The standard InChI is InChI=1S/C19H36N2/c1-3-4-15-21(2)19(16-17-11-7-5-8-12-17)20-18-13-9-6-10-14-18/h16-18,20H,3-15H2,1-2H3/b19-16-. The third-order valence-electron chi connectivity index (χ3n) is 5.26. The first-order chi connectivity index (χ1) is 10.3. The van der Waals surface area contributed by atoms with Gasteiger partial charge in [0.2, 0.25) is 0 Å². The van der Waals surface area contributed by atoms with Crippen molar-refractivity contribution in [2.24, 2.45) is 5.92 Å². The Balaban J connectivity index is 1.95. The molecule has 0 aromatic heterocycles. The van der Waals surface area contributed by atoms with Gasteiger partial charge in [-0.2, -0.15) is 0 Å². The minimum atomic E-state index is 0.720. The number of nitrogens with zero attached hydrogens (tertiary/aromatic N) is 1. The van der Waals surface area contributed by atoms with E-state index in [-0.39, 0.29) is 0 Å². The highest BCUT2D eigenvalue weighted by molar-refractivity contribution is 5.04. The molecule has 1 N–H and O–H groups in total. The second-order valence-corrected chi connectivity index (χ2v) is 7.20. The first-order valence-corrected chi connectivity index (χ1v) is 9.49. The van der Waals surface area contributed by atoms with E-state index in [1.54, 1.807) is 0 Å². The van der Waals surface area contributed by atoms with Gasteiger partial charge in [-0.3, -0.25) is 0 Å². The highest BCUT2D eigenvalue weighted by Gasteiger charge is 2.18. The summed E-state index contributed by atoms with van der Waals surface area (Å²) >= 11 is 0. The maximum atomic E-state index is 3.90. The number of nitrogens with one attached hydrogen (secondary N) is 1. The van der Waals surface area contributed by atoms with Crippen LogP contribution >= 0.6 is 0 Å². The molecule has 0 atom stereocenters. The number of unbranched alkanes of at least 4 members (excludes halogenated alkanes) is 1. The molecule has 0 aromatic carbocycles. The van der Waals surface area contributed by atoms with Crippen molar-refractivity contribution in [2.75, 3.05) is 13.6 Å². The fourth-order valence-corrected chi connectivity index (χ4v) is 3.78. The molecule has 0 spiro atoms. The molecule has 0 amide bonds. The molecule has 2 heteroatoms. The predicted octanol–water partition coefficient (Wildman–Crippen LogP) is 5.06. The average Bonchev–Trinajstić information content (AvgIpc) is 2.54. The van der Waals surface area contributed by atoms with Gasteiger partial charge < -0.3 is 10.2 Å². The lowest BCUT2D eigenvalue weighted by Gasteiger charge is -2.32. The molecule has 21 heavy (non-hydrogen) atoms. The molecular weight excluding hydrogens is 256 g/mol. The highest BCUT2D eigenvalue weighted by Crippen LogP contribution is 2.26. The Labute approximate surface area is 132 Å². The Morgan fingerprint density at radius 3 is 2.24 bits per heavy atom. The molecule has 0 unspecified atom stereocenters. The zero-order valence-corrected chi connectivity index (χ0v) is 14.4. The Kier molecular flexibility index (Phi) is 7.46. The third-order valence-corrected chi connectivity index (χ3v) is 5.26. The van der Waals surface area contributed by atoms with Crippen LogP contribution in [0.15, 0.2) is 11.9 Å². The SMILES string of the molecule is CCCCN(C)/C(=C\C1CCCCC1)NC1CCCCC1. The van der Waals surface area contributed by atoms with Crippen molar-refractivity contribution < 1.29 is 0 Å². The van der Waals surface area contributed by atoms with Gasteiger partial charge in [0, 0.05) is 19.6 Å². The van der Waals surface area contributed by atoms with Gasteiger partial charge in [0.25, 0.3) is 0 Å². The van der Waals surface area contributed by atoms with Crippen molar-refractivity contribution in [3.8, 4) is 0 Å². The maximum Gasteiger partial charge on any atom is 0.0974 e. The van der Waals surface area contributed by atoms with Crippen LogP contribution in [-0.4, -0.2) is 24.5 Å². The van der Waals surface area contributed by atoms with E-state index in [1.165, 1.54) is 89.4 Å². The Morgan fingerprint density at radius 1 is 1.00 bits per heavy atom. The molecule has 0 heterocycles. The van der Waals surface area contributed by atoms with E-state index in [1.807, 2.05) is 0 Å². The second kappa shape index (κ2) is 9.38. The number of hydrogen-bond acceptors (Lipinski definition) is 2. The summed E-state index contributed by atoms with van der Waals surface area (Å²) in [5.74, 6) is 2.25. The first kappa shape index (κ1) is 16.7. The molecule has 0 bridgehead atoms. The lowest BCUT2D eigenvalue weighted by atomic mass is 9.89. The Hall–Kier alpha value is -0.660. The van der Waals surface area contributed by atoms with Gasteiger partial charge in [0.05, 0.1) is 5.82 Å². The largest absolute Gasteiger partial charge is 0.369 e. The van der Waals surface area contributed by atoms with Crippen LogP contribution in [0.5, 0.6) is 0 Å². The molecule has 0 saturated heterocycles. The zero-order valence-electron chi connectivity index (χ0n) is 14.4. The number of allylic oxidation sites excluding steroid dienone is 1. The molecule has 0 aromatic rings. The summed E-state index contributed by atoms with van der Waals surface area (Å²) in [5.41, 5.74) is 0. The van der Waals surface area contributed by atoms with E-state index < -0.39 is 0 Å². The summed E-state index contributed by atoms with van der Waals surface area (Å²) in [6, 6.07) is 0.720. The van der Waals surface area contributed by atoms with Gasteiger partial charge in [-0.05, 0) is 44.1 Å². The predicted molar refractivity (Wildman–Crippen MR) is 92.2 cm³/mol. The molecule has 2 nitrogen and oxygen atoms in total. The number of hydrogen-bond donors (Lipinski definition) is 1. The summed E-state index contributed by atoms with van der Waals surface area (Å²) in [7, 11) is 2.28. The normalized spacial score (nSPS) is 22.3. The van der Waals surface area contributed by atoms with Crippen LogP contribution in [0.1, 0.15) is 84.0 Å². The number of rotatable bonds is 7. The van der Waals surface area contributed by atoms with E-state index in [0.29, 0.717) is 0 Å². The Bertz CT molecular complexity index is 299. The topological polar surface area (TPSA) is 15.3 Å². The third kappa shape index (κ3) is 5.92. The lowest BCUT2D eigenvalue weighted by molar-refractivity contribution is 0.313. The van der Waals surface area contributed by atoms with Crippen LogP contribution in [0.2, 0.25) is 0 Å². The van der Waals surface area contributed by atoms with Gasteiger partial charge in [-0.15, -0.1) is 0 Å². The van der Waals surface area contributed by atoms with Crippen molar-refractivity contribution in [3.05, 3.63) is 11.9 Å². The van der Waals surface area contributed by atoms with Gasteiger partial charge in [0.15, 0.2) is 0 Å². The maximum absolute atomic E-state index is 3.90. The van der Waals surface area contributed by atoms with Crippen molar-refractivity contribution >= 4 is 0 Å². The van der Waals surface area contributed by atoms with Crippen LogP contribution in [0, 0.1) is 5.92 Å². The van der Waals surface area contributed by atoms with E-state index in [2.05, 4.69) is 30.3 Å². The van der Waals surface area contributed by atoms with Crippen molar-refractivity contribution in [1.29, 1.82) is 0 Å². The van der Waals surface area contributed by atoms with Crippen molar-refractivity contribution in [1.82, 2.24) is 10.2 Å². The summed E-state index contributed by atoms with van der Waals surface area (Å²) in [5, 5.41) is 3.90. The average molecular weight is 293 g/mol. The lowest BCUT2D eigenvalue weighted by Crippen LogP contribution is -2.38. The molecule has 2 fully saturated rings. The summed E-state index contributed by atoms with van der Waals surface area (Å²) < 4.78 is 0. The molecule has 122 valence electrons. The Morgan fingerprint density at radius 2 is 1.62 bits per heavy atom.